The van der Waals surface area contributed by atoms with Crippen LogP contribution in [-0.4, -0.2) is 38.6 Å². The molecule has 0 heterocycles. The van der Waals surface area contributed by atoms with E-state index in [1.54, 1.807) is 13.8 Å². The third kappa shape index (κ3) is 4.77. The number of carbonyl (C=O) groups excluding carboxylic acids is 1. The Morgan fingerprint density at radius 2 is 1.91 bits per heavy atom. The second-order valence-electron chi connectivity index (χ2n) is 5.56. The standard InChI is InChI=1S/C15H21NO6S/c1-9(2)8-12(14(17)18)16-23(20,21)13-7-5-6-11(10(13)3)15(19)22-4/h5-7,9,12,16H,8H2,1-4H3,(H,17,18). The largest absolute Gasteiger partial charge is 0.480 e. The van der Waals surface area contributed by atoms with Crippen molar-refractivity contribution in [3.63, 3.8) is 0 Å². The summed E-state index contributed by atoms with van der Waals surface area (Å²) in [5.41, 5.74) is 0.326. The molecule has 0 bridgehead atoms. The van der Waals surface area contributed by atoms with Crippen molar-refractivity contribution < 1.29 is 27.9 Å². The number of hydrogen-bond donors (Lipinski definition) is 2. The van der Waals surface area contributed by atoms with Gasteiger partial charge < -0.3 is 9.84 Å². The molecule has 7 nitrogen and oxygen atoms in total. The number of aliphatic carboxylic acids is 1. The van der Waals surface area contributed by atoms with Gasteiger partial charge in [0.2, 0.25) is 10.0 Å². The van der Waals surface area contributed by atoms with Crippen molar-refractivity contribution in [3.05, 3.63) is 29.3 Å². The van der Waals surface area contributed by atoms with Crippen molar-refractivity contribution in [1.29, 1.82) is 0 Å². The molecule has 0 aliphatic rings. The van der Waals surface area contributed by atoms with Crippen molar-refractivity contribution in [3.8, 4) is 0 Å². The molecular formula is C15H21NO6S. The Bertz CT molecular complexity index is 696. The molecule has 1 rings (SSSR count). The van der Waals surface area contributed by atoms with Crippen LogP contribution < -0.4 is 4.72 Å². The van der Waals surface area contributed by atoms with Gasteiger partial charge in [-0.25, -0.2) is 13.2 Å². The number of carboxylic acid groups (broad SMARTS) is 1. The molecule has 0 aromatic heterocycles. The number of carbonyl (C=O) groups is 2. The van der Waals surface area contributed by atoms with Crippen LogP contribution in [0.3, 0.4) is 0 Å². The smallest absolute Gasteiger partial charge is 0.338 e. The third-order valence-electron chi connectivity index (χ3n) is 3.28. The van der Waals surface area contributed by atoms with Crippen LogP contribution in [0.25, 0.3) is 0 Å². The van der Waals surface area contributed by atoms with Crippen LogP contribution in [0, 0.1) is 12.8 Å². The molecule has 0 amide bonds. The normalized spacial score (nSPS) is 12.9. The van der Waals surface area contributed by atoms with E-state index in [1.807, 2.05) is 0 Å². The molecule has 0 fully saturated rings. The summed E-state index contributed by atoms with van der Waals surface area (Å²) in [6, 6.07) is 2.94. The summed E-state index contributed by atoms with van der Waals surface area (Å²) >= 11 is 0. The lowest BCUT2D eigenvalue weighted by Crippen LogP contribution is -2.41. The number of carboxylic acids is 1. The summed E-state index contributed by atoms with van der Waals surface area (Å²) in [7, 11) is -2.88. The van der Waals surface area contributed by atoms with Gasteiger partial charge in [0.05, 0.1) is 17.6 Å². The fourth-order valence-corrected chi connectivity index (χ4v) is 3.63. The number of rotatable bonds is 7. The highest BCUT2D eigenvalue weighted by molar-refractivity contribution is 7.89. The molecule has 0 aliphatic carbocycles. The van der Waals surface area contributed by atoms with E-state index in [1.165, 1.54) is 32.2 Å². The second-order valence-corrected chi connectivity index (χ2v) is 7.24. The van der Waals surface area contributed by atoms with E-state index in [-0.39, 0.29) is 28.4 Å². The first-order valence-electron chi connectivity index (χ1n) is 7.03. The Kier molecular flexibility index (Phi) is 6.28. The summed E-state index contributed by atoms with van der Waals surface area (Å²) in [6.45, 7) is 5.07. The molecule has 1 unspecified atom stereocenters. The summed E-state index contributed by atoms with van der Waals surface area (Å²) in [5, 5.41) is 9.18. The van der Waals surface area contributed by atoms with Crippen LogP contribution >= 0.6 is 0 Å². The topological polar surface area (TPSA) is 110 Å². The molecule has 23 heavy (non-hydrogen) atoms. The van der Waals surface area contributed by atoms with E-state index < -0.39 is 28.0 Å². The Labute approximate surface area is 135 Å². The quantitative estimate of drug-likeness (QED) is 0.727. The first-order chi connectivity index (χ1) is 10.6. The zero-order valence-electron chi connectivity index (χ0n) is 13.5. The monoisotopic (exact) mass is 343 g/mol. The molecule has 0 saturated carbocycles. The molecule has 128 valence electrons. The molecule has 0 aliphatic heterocycles. The molecule has 8 heteroatoms. The average molecular weight is 343 g/mol. The molecule has 2 N–H and O–H groups in total. The minimum atomic E-state index is -4.08. The van der Waals surface area contributed by atoms with Gasteiger partial charge in [-0.2, -0.15) is 4.72 Å². The summed E-state index contributed by atoms with van der Waals surface area (Å²) in [6.07, 6.45) is 0.157. The minimum Gasteiger partial charge on any atom is -0.480 e. The lowest BCUT2D eigenvalue weighted by Gasteiger charge is -2.18. The molecule has 0 saturated heterocycles. The van der Waals surface area contributed by atoms with Gasteiger partial charge in [-0.1, -0.05) is 19.9 Å². The van der Waals surface area contributed by atoms with Crippen LogP contribution in [0.15, 0.2) is 23.1 Å². The van der Waals surface area contributed by atoms with E-state index in [0.717, 1.165) is 0 Å². The Balaban J connectivity index is 3.23. The Morgan fingerprint density at radius 3 is 2.39 bits per heavy atom. The molecule has 1 aromatic carbocycles. The highest BCUT2D eigenvalue weighted by atomic mass is 32.2. The maximum absolute atomic E-state index is 12.5. The van der Waals surface area contributed by atoms with Crippen LogP contribution in [0.1, 0.15) is 36.2 Å². The van der Waals surface area contributed by atoms with Gasteiger partial charge in [0.15, 0.2) is 0 Å². The van der Waals surface area contributed by atoms with Gasteiger partial charge in [0.1, 0.15) is 6.04 Å². The molecule has 1 atom stereocenters. The predicted octanol–water partition coefficient (Wildman–Crippen LogP) is 1.56. The number of methoxy groups -OCH3 is 1. The minimum absolute atomic E-state index is 0.00120. The van der Waals surface area contributed by atoms with Gasteiger partial charge in [-0.15, -0.1) is 0 Å². The van der Waals surface area contributed by atoms with Gasteiger partial charge in [-0.05, 0) is 37.0 Å². The van der Waals surface area contributed by atoms with Crippen molar-refractivity contribution >= 4 is 22.0 Å². The summed E-state index contributed by atoms with van der Waals surface area (Å²) < 4.78 is 31.8. The van der Waals surface area contributed by atoms with Crippen molar-refractivity contribution in [1.82, 2.24) is 4.72 Å². The number of ether oxygens (including phenoxy) is 1. The van der Waals surface area contributed by atoms with E-state index in [4.69, 9.17) is 0 Å². The number of hydrogen-bond acceptors (Lipinski definition) is 5. The van der Waals surface area contributed by atoms with E-state index >= 15 is 0 Å². The third-order valence-corrected chi connectivity index (χ3v) is 4.90. The lowest BCUT2D eigenvalue weighted by molar-refractivity contribution is -0.139. The highest BCUT2D eigenvalue weighted by Gasteiger charge is 2.28. The fourth-order valence-electron chi connectivity index (χ4n) is 2.16. The maximum Gasteiger partial charge on any atom is 0.338 e. The van der Waals surface area contributed by atoms with Gasteiger partial charge in [-0.3, -0.25) is 4.79 Å². The first kappa shape index (κ1) is 19.1. The van der Waals surface area contributed by atoms with Crippen molar-refractivity contribution in [2.24, 2.45) is 5.92 Å². The van der Waals surface area contributed by atoms with Gasteiger partial charge in [0.25, 0.3) is 0 Å². The summed E-state index contributed by atoms with van der Waals surface area (Å²) in [4.78, 5) is 22.8. The molecular weight excluding hydrogens is 322 g/mol. The van der Waals surface area contributed by atoms with Crippen LogP contribution in [0.5, 0.6) is 0 Å². The van der Waals surface area contributed by atoms with E-state index in [9.17, 15) is 23.1 Å². The second kappa shape index (κ2) is 7.56. The van der Waals surface area contributed by atoms with Crippen molar-refractivity contribution in [2.45, 2.75) is 38.1 Å². The zero-order valence-corrected chi connectivity index (χ0v) is 14.3. The van der Waals surface area contributed by atoms with Crippen LogP contribution in [-0.2, 0) is 19.6 Å². The van der Waals surface area contributed by atoms with Crippen LogP contribution in [0.2, 0.25) is 0 Å². The van der Waals surface area contributed by atoms with Crippen LogP contribution in [0.4, 0.5) is 0 Å². The zero-order chi connectivity index (χ0) is 17.8. The van der Waals surface area contributed by atoms with Gasteiger partial charge >= 0.3 is 11.9 Å². The number of nitrogens with one attached hydrogen (secondary N) is 1. The number of esters is 1. The molecule has 0 radical (unpaired) electrons. The predicted molar refractivity (Wildman–Crippen MR) is 83.7 cm³/mol. The molecule has 1 aromatic rings. The highest BCUT2D eigenvalue weighted by Crippen LogP contribution is 2.20. The van der Waals surface area contributed by atoms with Crippen molar-refractivity contribution in [2.75, 3.05) is 7.11 Å². The average Bonchev–Trinajstić information content (AvgIpc) is 2.45. The molecule has 0 spiro atoms. The van der Waals surface area contributed by atoms with Gasteiger partial charge in [0, 0.05) is 0 Å². The number of sulfonamides is 1. The van der Waals surface area contributed by atoms with E-state index in [2.05, 4.69) is 9.46 Å². The summed E-state index contributed by atoms with van der Waals surface area (Å²) in [5.74, 6) is -1.90. The first-order valence-corrected chi connectivity index (χ1v) is 8.51. The van der Waals surface area contributed by atoms with E-state index in [0.29, 0.717) is 0 Å². The lowest BCUT2D eigenvalue weighted by atomic mass is 10.1. The SMILES string of the molecule is COC(=O)c1cccc(S(=O)(=O)NC(CC(C)C)C(=O)O)c1C. The number of benzene rings is 1. The maximum atomic E-state index is 12.5. The fraction of sp³-hybridized carbons (Fsp3) is 0.467. The Morgan fingerprint density at radius 1 is 1.30 bits per heavy atom. The Hall–Kier alpha value is -1.93.